The quantitative estimate of drug-likeness (QED) is 0.117. The van der Waals surface area contributed by atoms with Gasteiger partial charge in [0.2, 0.25) is 0 Å². The molecule has 8 nitrogen and oxygen atoms in total. The van der Waals surface area contributed by atoms with Crippen molar-refractivity contribution in [2.75, 3.05) is 111 Å². The number of ether oxygens (including phenoxy) is 7. The first kappa shape index (κ1) is 37.0. The highest BCUT2D eigenvalue weighted by atomic mass is 32.2. The van der Waals surface area contributed by atoms with Crippen molar-refractivity contribution in [3.8, 4) is 0 Å². The highest BCUT2D eigenvalue weighted by Crippen LogP contribution is 2.13. The van der Waals surface area contributed by atoms with Crippen molar-refractivity contribution >= 4 is 11.8 Å². The number of aliphatic hydroxyl groups is 1. The Morgan fingerprint density at radius 2 is 0.784 bits per heavy atom. The molecule has 0 aromatic rings. The summed E-state index contributed by atoms with van der Waals surface area (Å²) < 4.78 is 37.9. The number of unbranched alkanes of at least 4 members (excludes halogenated alkanes) is 6. The number of hydrogen-bond donors (Lipinski definition) is 1. The lowest BCUT2D eigenvalue weighted by Crippen LogP contribution is -2.14. The summed E-state index contributed by atoms with van der Waals surface area (Å²) >= 11 is 2.00. The minimum atomic E-state index is 0.0378. The molecule has 9 heteroatoms. The Labute approximate surface area is 231 Å². The first-order chi connectivity index (χ1) is 18.3. The van der Waals surface area contributed by atoms with E-state index >= 15 is 0 Å². The topological polar surface area (TPSA) is 84.8 Å². The van der Waals surface area contributed by atoms with E-state index in [2.05, 4.69) is 13.8 Å². The molecule has 0 fully saturated rings. The van der Waals surface area contributed by atoms with Crippen LogP contribution in [0.5, 0.6) is 0 Å². The third-order valence-corrected chi connectivity index (χ3v) is 6.44. The lowest BCUT2D eigenvalue weighted by atomic mass is 10.0. The summed E-state index contributed by atoms with van der Waals surface area (Å²) in [5, 5.41) is 8.57. The maximum Gasteiger partial charge on any atom is 0.0701 e. The average molecular weight is 555 g/mol. The maximum absolute atomic E-state index is 8.57. The predicted octanol–water partition coefficient (Wildman–Crippen LogP) is 4.60. The van der Waals surface area contributed by atoms with E-state index in [1.54, 1.807) is 0 Å². The molecule has 0 heterocycles. The molecule has 0 spiro atoms. The Kier molecular flexibility index (Phi) is 34.1. The van der Waals surface area contributed by atoms with E-state index in [0.29, 0.717) is 85.9 Å². The SMILES string of the molecule is CC(C)CCCCCCCCCSCCOCCOCCOCCOCCOCCOCCOCCO. The molecule has 0 aromatic carbocycles. The third kappa shape index (κ3) is 36.0. The van der Waals surface area contributed by atoms with Crippen molar-refractivity contribution < 1.29 is 38.3 Å². The van der Waals surface area contributed by atoms with Crippen LogP contribution in [-0.2, 0) is 33.2 Å². The zero-order valence-corrected chi connectivity index (χ0v) is 24.8. The van der Waals surface area contributed by atoms with Crippen molar-refractivity contribution in [1.82, 2.24) is 0 Å². The van der Waals surface area contributed by atoms with Crippen molar-refractivity contribution in [3.63, 3.8) is 0 Å². The van der Waals surface area contributed by atoms with Gasteiger partial charge in [-0.15, -0.1) is 0 Å². The van der Waals surface area contributed by atoms with E-state index in [-0.39, 0.29) is 6.61 Å². The fourth-order valence-corrected chi connectivity index (χ4v) is 4.19. The summed E-state index contributed by atoms with van der Waals surface area (Å²) in [6, 6.07) is 0. The van der Waals surface area contributed by atoms with Crippen molar-refractivity contribution in [3.05, 3.63) is 0 Å². The molecule has 0 unspecified atom stereocenters. The van der Waals surface area contributed by atoms with Crippen LogP contribution in [0.2, 0.25) is 0 Å². The molecule has 0 aliphatic heterocycles. The van der Waals surface area contributed by atoms with Gasteiger partial charge in [0.25, 0.3) is 0 Å². The van der Waals surface area contributed by atoms with Gasteiger partial charge in [-0.1, -0.05) is 58.8 Å². The predicted molar refractivity (Wildman–Crippen MR) is 152 cm³/mol. The summed E-state index contributed by atoms with van der Waals surface area (Å²) in [6.07, 6.45) is 11.1. The van der Waals surface area contributed by atoms with Crippen LogP contribution in [0.3, 0.4) is 0 Å². The highest BCUT2D eigenvalue weighted by molar-refractivity contribution is 7.99. The van der Waals surface area contributed by atoms with Crippen molar-refractivity contribution in [2.45, 2.75) is 65.2 Å². The molecule has 0 bridgehead atoms. The zero-order valence-electron chi connectivity index (χ0n) is 24.0. The molecule has 0 aliphatic rings. The number of thioether (sulfide) groups is 1. The van der Waals surface area contributed by atoms with Gasteiger partial charge in [0.05, 0.1) is 99.1 Å². The van der Waals surface area contributed by atoms with Gasteiger partial charge in [0.1, 0.15) is 0 Å². The standard InChI is InChI=1S/C28H58O8S/c1-28(2)10-8-6-4-3-5-7-9-26-37-27-25-36-24-23-35-22-21-34-20-19-33-18-17-32-16-15-31-14-13-30-12-11-29/h28-29H,3-27H2,1-2H3. The van der Waals surface area contributed by atoms with E-state index in [9.17, 15) is 0 Å². The van der Waals surface area contributed by atoms with Gasteiger partial charge in [-0.2, -0.15) is 11.8 Å². The number of hydrogen-bond acceptors (Lipinski definition) is 9. The highest BCUT2D eigenvalue weighted by Gasteiger charge is 1.97. The minimum absolute atomic E-state index is 0.0378. The summed E-state index contributed by atoms with van der Waals surface area (Å²) in [6.45, 7) is 12.4. The fourth-order valence-electron chi connectivity index (χ4n) is 3.35. The van der Waals surface area contributed by atoms with Crippen molar-refractivity contribution in [2.24, 2.45) is 5.92 Å². The van der Waals surface area contributed by atoms with E-state index in [1.807, 2.05) is 11.8 Å². The van der Waals surface area contributed by atoms with Gasteiger partial charge in [-0.3, -0.25) is 0 Å². The zero-order chi connectivity index (χ0) is 26.9. The molecule has 1 N–H and O–H groups in total. The Balaban J connectivity index is 3.01. The molecule has 0 amide bonds. The monoisotopic (exact) mass is 554 g/mol. The van der Waals surface area contributed by atoms with Crippen LogP contribution in [0.1, 0.15) is 65.2 Å². The smallest absolute Gasteiger partial charge is 0.0701 e. The lowest BCUT2D eigenvalue weighted by Gasteiger charge is -2.08. The van der Waals surface area contributed by atoms with Crippen LogP contribution >= 0.6 is 11.8 Å². The molecule has 0 saturated heterocycles. The lowest BCUT2D eigenvalue weighted by molar-refractivity contribution is -0.0211. The Morgan fingerprint density at radius 3 is 1.19 bits per heavy atom. The summed E-state index contributed by atoms with van der Waals surface area (Å²) in [7, 11) is 0. The second-order valence-electron chi connectivity index (χ2n) is 9.28. The maximum atomic E-state index is 8.57. The largest absolute Gasteiger partial charge is 0.394 e. The Bertz CT molecular complexity index is 404. The normalized spacial score (nSPS) is 11.7. The molecule has 0 aromatic heterocycles. The summed E-state index contributed by atoms with van der Waals surface area (Å²) in [4.78, 5) is 0. The van der Waals surface area contributed by atoms with Gasteiger partial charge < -0.3 is 38.3 Å². The van der Waals surface area contributed by atoms with Gasteiger partial charge in [-0.05, 0) is 18.1 Å². The second-order valence-corrected chi connectivity index (χ2v) is 10.5. The van der Waals surface area contributed by atoms with Crippen LogP contribution in [-0.4, -0.2) is 116 Å². The molecule has 0 atom stereocenters. The van der Waals surface area contributed by atoms with E-state index < -0.39 is 0 Å². The first-order valence-corrected chi connectivity index (χ1v) is 15.7. The van der Waals surface area contributed by atoms with Crippen molar-refractivity contribution in [1.29, 1.82) is 0 Å². The molecule has 224 valence electrons. The van der Waals surface area contributed by atoms with E-state index in [0.717, 1.165) is 18.3 Å². The third-order valence-electron chi connectivity index (χ3n) is 5.41. The summed E-state index contributed by atoms with van der Waals surface area (Å²) in [5.41, 5.74) is 0. The van der Waals surface area contributed by atoms with Crippen LogP contribution in [0.25, 0.3) is 0 Å². The summed E-state index contributed by atoms with van der Waals surface area (Å²) in [5.74, 6) is 3.18. The van der Waals surface area contributed by atoms with E-state index in [4.69, 9.17) is 38.3 Å². The number of rotatable bonds is 33. The van der Waals surface area contributed by atoms with Gasteiger partial charge in [-0.25, -0.2) is 0 Å². The Hall–Kier alpha value is 0.0300. The molecular formula is C28H58O8S. The molecule has 0 aliphatic carbocycles. The van der Waals surface area contributed by atoms with E-state index in [1.165, 1.54) is 57.1 Å². The molecule has 0 radical (unpaired) electrons. The Morgan fingerprint density at radius 1 is 0.432 bits per heavy atom. The van der Waals surface area contributed by atoms with Crippen LogP contribution in [0.15, 0.2) is 0 Å². The minimum Gasteiger partial charge on any atom is -0.394 e. The molecule has 0 rings (SSSR count). The van der Waals surface area contributed by atoms with Crippen LogP contribution in [0.4, 0.5) is 0 Å². The van der Waals surface area contributed by atoms with Crippen LogP contribution in [0, 0.1) is 5.92 Å². The van der Waals surface area contributed by atoms with Gasteiger partial charge in [0.15, 0.2) is 0 Å². The first-order valence-electron chi connectivity index (χ1n) is 14.5. The molecule has 37 heavy (non-hydrogen) atoms. The van der Waals surface area contributed by atoms with Crippen LogP contribution < -0.4 is 0 Å². The number of aliphatic hydroxyl groups excluding tert-OH is 1. The van der Waals surface area contributed by atoms with Gasteiger partial charge >= 0.3 is 0 Å². The average Bonchev–Trinajstić information content (AvgIpc) is 2.89. The fraction of sp³-hybridized carbons (Fsp3) is 1.00. The molecule has 0 saturated carbocycles. The second kappa shape index (κ2) is 34.1. The van der Waals surface area contributed by atoms with Gasteiger partial charge in [0, 0.05) is 5.75 Å². The molecular weight excluding hydrogens is 496 g/mol.